The first-order valence-electron chi connectivity index (χ1n) is 7.48. The third kappa shape index (κ3) is 1.88. The Bertz CT molecular complexity index is 687. The van der Waals surface area contributed by atoms with E-state index >= 15 is 0 Å². The van der Waals surface area contributed by atoms with Gasteiger partial charge in [-0.15, -0.1) is 0 Å². The smallest absolute Gasteiger partial charge is 0.0617 e. The first-order chi connectivity index (χ1) is 9.21. The summed E-state index contributed by atoms with van der Waals surface area (Å²) >= 11 is 0. The fourth-order valence-electron chi connectivity index (χ4n) is 3.33. The molecule has 1 aliphatic rings. The Balaban J connectivity index is 2.28. The van der Waals surface area contributed by atoms with Gasteiger partial charge in [0.25, 0.3) is 0 Å². The summed E-state index contributed by atoms with van der Waals surface area (Å²) in [5, 5.41) is 3.22. The molecule has 0 unspecified atom stereocenters. The minimum absolute atomic E-state index is 0.226. The molecule has 0 fully saturated rings. The van der Waals surface area contributed by atoms with E-state index in [9.17, 15) is 0 Å². The van der Waals surface area contributed by atoms with Crippen LogP contribution in [0.15, 0.2) is 36.4 Å². The molecule has 0 nitrogen and oxygen atoms in total. The standard InChI is InChI=1S/C19H24Si/c1-13-7-10-17-16(11-13)15-9-8-14(19(2,3)4)12-18(15)20(17,5)6/h7-12H,1-6H3. The van der Waals surface area contributed by atoms with E-state index in [-0.39, 0.29) is 5.41 Å². The van der Waals surface area contributed by atoms with E-state index in [4.69, 9.17) is 0 Å². The predicted octanol–water partition coefficient (Wildman–Crippen LogP) is 4.10. The summed E-state index contributed by atoms with van der Waals surface area (Å²) in [5.74, 6) is 0. The van der Waals surface area contributed by atoms with Crippen molar-refractivity contribution in [3.05, 3.63) is 47.5 Å². The summed E-state index contributed by atoms with van der Waals surface area (Å²) in [4.78, 5) is 0. The van der Waals surface area contributed by atoms with E-state index < -0.39 is 8.07 Å². The Morgan fingerprint density at radius 1 is 0.800 bits per heavy atom. The molecule has 104 valence electrons. The molecule has 1 heteroatoms. The van der Waals surface area contributed by atoms with Crippen LogP contribution in [0.5, 0.6) is 0 Å². The van der Waals surface area contributed by atoms with Gasteiger partial charge in [-0.25, -0.2) is 0 Å². The third-order valence-corrected chi connectivity index (χ3v) is 8.24. The number of aryl methyl sites for hydroxylation is 1. The quantitative estimate of drug-likeness (QED) is 0.638. The molecule has 0 amide bonds. The van der Waals surface area contributed by atoms with Crippen molar-refractivity contribution in [2.45, 2.75) is 46.2 Å². The van der Waals surface area contributed by atoms with E-state index in [1.807, 2.05) is 0 Å². The highest BCUT2D eigenvalue weighted by atomic mass is 28.3. The van der Waals surface area contributed by atoms with Gasteiger partial charge in [0.2, 0.25) is 0 Å². The molecule has 0 bridgehead atoms. The second kappa shape index (κ2) is 4.08. The Hall–Kier alpha value is -1.34. The summed E-state index contributed by atoms with van der Waals surface area (Å²) in [5.41, 5.74) is 6.01. The number of fused-ring (bicyclic) bond motifs is 3. The SMILES string of the molecule is Cc1ccc2c(c1)-c1ccc(C(C)(C)C)cc1[Si]2(C)C. The monoisotopic (exact) mass is 280 g/mol. The van der Waals surface area contributed by atoms with Gasteiger partial charge in [-0.1, -0.05) is 75.8 Å². The van der Waals surface area contributed by atoms with Crippen molar-refractivity contribution in [1.29, 1.82) is 0 Å². The normalized spacial score (nSPS) is 15.9. The molecule has 0 N–H and O–H groups in total. The highest BCUT2D eigenvalue weighted by molar-refractivity contribution is 7.03. The van der Waals surface area contributed by atoms with E-state index in [0.29, 0.717) is 0 Å². The zero-order chi connectivity index (χ0) is 14.7. The van der Waals surface area contributed by atoms with Crippen LogP contribution >= 0.6 is 0 Å². The van der Waals surface area contributed by atoms with Gasteiger partial charge in [0.1, 0.15) is 8.07 Å². The van der Waals surface area contributed by atoms with Crippen molar-refractivity contribution >= 4 is 18.4 Å². The van der Waals surface area contributed by atoms with Gasteiger partial charge in [-0.05, 0) is 39.4 Å². The summed E-state index contributed by atoms with van der Waals surface area (Å²) in [6.45, 7) is 14.1. The van der Waals surface area contributed by atoms with Crippen molar-refractivity contribution in [2.75, 3.05) is 0 Å². The van der Waals surface area contributed by atoms with Crippen molar-refractivity contribution in [2.24, 2.45) is 0 Å². The molecule has 3 rings (SSSR count). The van der Waals surface area contributed by atoms with Crippen LogP contribution in [0.1, 0.15) is 31.9 Å². The van der Waals surface area contributed by atoms with Gasteiger partial charge in [0, 0.05) is 0 Å². The summed E-state index contributed by atoms with van der Waals surface area (Å²) in [7, 11) is -1.51. The molecule has 1 heterocycles. The van der Waals surface area contributed by atoms with Gasteiger partial charge in [-0.2, -0.15) is 0 Å². The van der Waals surface area contributed by atoms with Crippen LogP contribution in [0.2, 0.25) is 13.1 Å². The minimum atomic E-state index is -1.51. The van der Waals surface area contributed by atoms with Crippen molar-refractivity contribution in [3.8, 4) is 11.1 Å². The van der Waals surface area contributed by atoms with Crippen LogP contribution < -0.4 is 10.4 Å². The van der Waals surface area contributed by atoms with Gasteiger partial charge in [-0.3, -0.25) is 0 Å². The largest absolute Gasteiger partial charge is 0.113 e. The Kier molecular flexibility index (Phi) is 2.78. The first-order valence-corrected chi connectivity index (χ1v) is 10.5. The molecule has 0 atom stereocenters. The Labute approximate surface area is 123 Å². The van der Waals surface area contributed by atoms with Crippen LogP contribution in [0.4, 0.5) is 0 Å². The minimum Gasteiger partial charge on any atom is -0.0617 e. The van der Waals surface area contributed by atoms with Gasteiger partial charge >= 0.3 is 0 Å². The summed E-state index contributed by atoms with van der Waals surface area (Å²) in [6.07, 6.45) is 0. The van der Waals surface area contributed by atoms with E-state index in [2.05, 4.69) is 77.2 Å². The maximum Gasteiger partial charge on any atom is 0.113 e. The van der Waals surface area contributed by atoms with E-state index in [0.717, 1.165) is 0 Å². The van der Waals surface area contributed by atoms with Crippen LogP contribution in [0.25, 0.3) is 11.1 Å². The molecular formula is C19H24Si. The maximum absolute atomic E-state index is 2.49. The number of benzene rings is 2. The molecule has 0 radical (unpaired) electrons. The lowest BCUT2D eigenvalue weighted by Gasteiger charge is -2.23. The van der Waals surface area contributed by atoms with Crippen LogP contribution in [-0.4, -0.2) is 8.07 Å². The molecule has 1 aliphatic heterocycles. The average Bonchev–Trinajstić information content (AvgIpc) is 2.57. The fraction of sp³-hybridized carbons (Fsp3) is 0.368. The van der Waals surface area contributed by atoms with E-state index in [1.165, 1.54) is 22.3 Å². The number of hydrogen-bond acceptors (Lipinski definition) is 0. The molecule has 0 saturated heterocycles. The molecule has 20 heavy (non-hydrogen) atoms. The van der Waals surface area contributed by atoms with Crippen molar-refractivity contribution in [3.63, 3.8) is 0 Å². The van der Waals surface area contributed by atoms with Crippen LogP contribution in [0, 0.1) is 6.92 Å². The van der Waals surface area contributed by atoms with E-state index in [1.54, 1.807) is 10.4 Å². The van der Waals surface area contributed by atoms with Gasteiger partial charge < -0.3 is 0 Å². The first kappa shape index (κ1) is 13.6. The summed E-state index contributed by atoms with van der Waals surface area (Å²) in [6, 6.07) is 14.2. The predicted molar refractivity (Wildman–Crippen MR) is 92.1 cm³/mol. The number of rotatable bonds is 0. The highest BCUT2D eigenvalue weighted by Gasteiger charge is 2.37. The lowest BCUT2D eigenvalue weighted by Crippen LogP contribution is -2.49. The zero-order valence-corrected chi connectivity index (χ0v) is 14.5. The third-order valence-electron chi connectivity index (χ3n) is 4.70. The number of hydrogen-bond donors (Lipinski definition) is 0. The molecule has 2 aromatic carbocycles. The molecule has 0 spiro atoms. The molecule has 0 aliphatic carbocycles. The molecule has 2 aromatic rings. The second-order valence-corrected chi connectivity index (χ2v) is 12.0. The zero-order valence-electron chi connectivity index (χ0n) is 13.5. The topological polar surface area (TPSA) is 0 Å². The summed E-state index contributed by atoms with van der Waals surface area (Å²) < 4.78 is 0. The second-order valence-electron chi connectivity index (χ2n) is 7.68. The lowest BCUT2D eigenvalue weighted by atomic mass is 9.86. The van der Waals surface area contributed by atoms with Crippen LogP contribution in [-0.2, 0) is 5.41 Å². The van der Waals surface area contributed by atoms with Crippen molar-refractivity contribution in [1.82, 2.24) is 0 Å². The Morgan fingerprint density at radius 2 is 1.50 bits per heavy atom. The van der Waals surface area contributed by atoms with Crippen molar-refractivity contribution < 1.29 is 0 Å². The van der Waals surface area contributed by atoms with Crippen LogP contribution in [0.3, 0.4) is 0 Å². The van der Waals surface area contributed by atoms with Gasteiger partial charge in [0.15, 0.2) is 0 Å². The fourth-order valence-corrected chi connectivity index (χ4v) is 6.41. The highest BCUT2D eigenvalue weighted by Crippen LogP contribution is 2.31. The Morgan fingerprint density at radius 3 is 2.15 bits per heavy atom. The molecule has 0 aromatic heterocycles. The molecular weight excluding hydrogens is 256 g/mol. The maximum atomic E-state index is 2.49. The average molecular weight is 280 g/mol. The molecule has 0 saturated carbocycles. The van der Waals surface area contributed by atoms with Gasteiger partial charge in [0.05, 0.1) is 0 Å². The lowest BCUT2D eigenvalue weighted by molar-refractivity contribution is 0.591.